The highest BCUT2D eigenvalue weighted by Crippen LogP contribution is 2.28. The number of rotatable bonds is 4. The quantitative estimate of drug-likeness (QED) is 0.492. The molecular formula is C21H15FN2O3S. The molecule has 4 aromatic rings. The van der Waals surface area contributed by atoms with Crippen molar-refractivity contribution in [3.63, 3.8) is 0 Å². The lowest BCUT2D eigenvalue weighted by Gasteiger charge is -2.11. The summed E-state index contributed by atoms with van der Waals surface area (Å²) in [5.41, 5.74) is 1.11. The first-order valence-corrected chi connectivity index (χ1v) is 9.91. The molecule has 0 saturated carbocycles. The second kappa shape index (κ2) is 6.69. The molecule has 2 heterocycles. The predicted molar refractivity (Wildman–Crippen MR) is 103 cm³/mol. The van der Waals surface area contributed by atoms with Crippen LogP contribution in [0.4, 0.5) is 4.39 Å². The van der Waals surface area contributed by atoms with Crippen LogP contribution < -0.4 is 0 Å². The third-order valence-corrected chi connectivity index (χ3v) is 6.13. The predicted octanol–water partition coefficient (Wildman–Crippen LogP) is 3.95. The van der Waals surface area contributed by atoms with Crippen LogP contribution in [0.25, 0.3) is 10.9 Å². The van der Waals surface area contributed by atoms with Gasteiger partial charge in [0.25, 0.3) is 10.0 Å². The first-order valence-electron chi connectivity index (χ1n) is 8.47. The molecule has 2 aromatic carbocycles. The van der Waals surface area contributed by atoms with Crippen molar-refractivity contribution >= 4 is 26.7 Å². The number of benzene rings is 2. The van der Waals surface area contributed by atoms with Gasteiger partial charge in [0.05, 0.1) is 10.4 Å². The van der Waals surface area contributed by atoms with Crippen LogP contribution in [0.3, 0.4) is 0 Å². The number of nitrogens with zero attached hydrogens (tertiary/aromatic N) is 2. The Labute approximate surface area is 161 Å². The number of carbonyl (C=O) groups excluding carboxylic acids is 1. The van der Waals surface area contributed by atoms with Crippen molar-refractivity contribution in [2.24, 2.45) is 0 Å². The van der Waals surface area contributed by atoms with Gasteiger partial charge in [-0.15, -0.1) is 0 Å². The molecule has 0 amide bonds. The number of fused-ring (bicyclic) bond motifs is 1. The molecule has 7 heteroatoms. The van der Waals surface area contributed by atoms with Crippen molar-refractivity contribution in [3.05, 3.63) is 95.7 Å². The van der Waals surface area contributed by atoms with E-state index in [1.165, 1.54) is 48.7 Å². The van der Waals surface area contributed by atoms with Crippen LogP contribution in [-0.2, 0) is 10.0 Å². The van der Waals surface area contributed by atoms with Crippen LogP contribution in [0.15, 0.2) is 77.8 Å². The van der Waals surface area contributed by atoms with Crippen molar-refractivity contribution in [2.75, 3.05) is 0 Å². The molecule has 0 aliphatic carbocycles. The first-order chi connectivity index (χ1) is 13.4. The second-order valence-corrected chi connectivity index (χ2v) is 8.12. The second-order valence-electron chi connectivity index (χ2n) is 6.33. The molecular weight excluding hydrogens is 379 g/mol. The Bertz CT molecular complexity index is 1310. The molecule has 28 heavy (non-hydrogen) atoms. The Balaban J connectivity index is 2.02. The van der Waals surface area contributed by atoms with Crippen LogP contribution >= 0.6 is 0 Å². The minimum atomic E-state index is -4.07. The highest BCUT2D eigenvalue weighted by atomic mass is 32.2. The van der Waals surface area contributed by atoms with E-state index in [4.69, 9.17) is 0 Å². The highest BCUT2D eigenvalue weighted by Gasteiger charge is 2.27. The Kier molecular flexibility index (Phi) is 4.31. The first kappa shape index (κ1) is 18.1. The van der Waals surface area contributed by atoms with Gasteiger partial charge >= 0.3 is 0 Å². The molecule has 0 atom stereocenters. The summed E-state index contributed by atoms with van der Waals surface area (Å²) in [5, 5.41) is 0.327. The lowest BCUT2D eigenvalue weighted by Crippen LogP contribution is -2.19. The minimum absolute atomic E-state index is 0.0387. The number of hydrogen-bond acceptors (Lipinski definition) is 4. The summed E-state index contributed by atoms with van der Waals surface area (Å²) in [6.07, 6.45) is 1.49. The number of aryl methyl sites for hydroxylation is 1. The maximum atomic E-state index is 13.7. The average molecular weight is 394 g/mol. The zero-order valence-electron chi connectivity index (χ0n) is 14.8. The van der Waals surface area contributed by atoms with Crippen molar-refractivity contribution in [1.82, 2.24) is 8.96 Å². The fourth-order valence-corrected chi connectivity index (χ4v) is 4.64. The molecule has 5 nitrogen and oxygen atoms in total. The SMILES string of the molecule is Cc1cc(C(=O)c2cc3cc(F)ccc3n2S(=O)(=O)c2ccccc2)ccn1. The molecule has 0 spiro atoms. The Hall–Kier alpha value is -3.32. The normalized spacial score (nSPS) is 11.6. The topological polar surface area (TPSA) is 69.0 Å². The van der Waals surface area contributed by atoms with Gasteiger partial charge in [-0.1, -0.05) is 18.2 Å². The summed E-state index contributed by atoms with van der Waals surface area (Å²) in [5.74, 6) is -0.998. The number of ketones is 1. The Morgan fingerprint density at radius 2 is 1.75 bits per heavy atom. The third kappa shape index (κ3) is 2.99. The molecule has 0 aliphatic heterocycles. The molecule has 0 fully saturated rings. The number of hydrogen-bond donors (Lipinski definition) is 0. The van der Waals surface area contributed by atoms with Gasteiger partial charge in [0.15, 0.2) is 0 Å². The average Bonchev–Trinajstić information content (AvgIpc) is 3.07. The molecule has 4 rings (SSSR count). The van der Waals surface area contributed by atoms with E-state index in [-0.39, 0.29) is 16.1 Å². The van der Waals surface area contributed by atoms with E-state index >= 15 is 0 Å². The van der Waals surface area contributed by atoms with E-state index < -0.39 is 21.6 Å². The van der Waals surface area contributed by atoms with Crippen LogP contribution in [0.5, 0.6) is 0 Å². The molecule has 0 saturated heterocycles. The largest absolute Gasteiger partial charge is 0.287 e. The Morgan fingerprint density at radius 1 is 1.00 bits per heavy atom. The fourth-order valence-electron chi connectivity index (χ4n) is 3.11. The molecule has 0 aliphatic rings. The monoisotopic (exact) mass is 394 g/mol. The van der Waals surface area contributed by atoms with Gasteiger partial charge in [0.2, 0.25) is 5.78 Å². The van der Waals surface area contributed by atoms with Gasteiger partial charge in [0.1, 0.15) is 11.5 Å². The van der Waals surface area contributed by atoms with E-state index in [1.54, 1.807) is 31.2 Å². The van der Waals surface area contributed by atoms with Crippen LogP contribution in [0.1, 0.15) is 21.7 Å². The van der Waals surface area contributed by atoms with E-state index in [1.807, 2.05) is 0 Å². The molecule has 0 radical (unpaired) electrons. The number of halogens is 1. The number of aromatic nitrogens is 2. The van der Waals surface area contributed by atoms with E-state index in [0.29, 0.717) is 16.6 Å². The lowest BCUT2D eigenvalue weighted by molar-refractivity contribution is 0.103. The molecule has 0 bridgehead atoms. The van der Waals surface area contributed by atoms with Crippen molar-refractivity contribution in [3.8, 4) is 0 Å². The van der Waals surface area contributed by atoms with Gasteiger partial charge < -0.3 is 0 Å². The van der Waals surface area contributed by atoms with Crippen LogP contribution in [0, 0.1) is 12.7 Å². The maximum Gasteiger partial charge on any atom is 0.268 e. The molecule has 0 N–H and O–H groups in total. The van der Waals surface area contributed by atoms with Gasteiger partial charge in [0, 0.05) is 22.8 Å². The summed E-state index contributed by atoms with van der Waals surface area (Å²) >= 11 is 0. The van der Waals surface area contributed by atoms with Gasteiger partial charge in [-0.25, -0.2) is 16.8 Å². The van der Waals surface area contributed by atoms with Crippen molar-refractivity contribution in [1.29, 1.82) is 0 Å². The smallest absolute Gasteiger partial charge is 0.268 e. The third-order valence-electron chi connectivity index (χ3n) is 4.39. The van der Waals surface area contributed by atoms with Gasteiger partial charge in [-0.05, 0) is 55.5 Å². The minimum Gasteiger partial charge on any atom is -0.287 e. The fraction of sp³-hybridized carbons (Fsp3) is 0.0476. The standard InChI is InChI=1S/C21H15FN2O3S/c1-14-11-15(9-10-23-14)21(25)20-13-16-12-17(22)7-8-19(16)24(20)28(26,27)18-5-3-2-4-6-18/h2-13H,1H3. The summed E-state index contributed by atoms with van der Waals surface area (Å²) in [4.78, 5) is 17.2. The summed E-state index contributed by atoms with van der Waals surface area (Å²) < 4.78 is 41.3. The molecule has 0 unspecified atom stereocenters. The Morgan fingerprint density at radius 3 is 2.46 bits per heavy atom. The molecule has 2 aromatic heterocycles. The zero-order chi connectivity index (χ0) is 19.9. The van der Waals surface area contributed by atoms with Crippen LogP contribution in [-0.4, -0.2) is 23.2 Å². The van der Waals surface area contributed by atoms with Crippen molar-refractivity contribution in [2.45, 2.75) is 11.8 Å². The highest BCUT2D eigenvalue weighted by molar-refractivity contribution is 7.90. The van der Waals surface area contributed by atoms with Crippen LogP contribution in [0.2, 0.25) is 0 Å². The van der Waals surface area contributed by atoms with Gasteiger partial charge in [-0.2, -0.15) is 0 Å². The van der Waals surface area contributed by atoms with E-state index in [2.05, 4.69) is 4.98 Å². The number of carbonyl (C=O) groups is 1. The van der Waals surface area contributed by atoms with Crippen molar-refractivity contribution < 1.29 is 17.6 Å². The van der Waals surface area contributed by atoms with E-state index in [9.17, 15) is 17.6 Å². The lowest BCUT2D eigenvalue weighted by atomic mass is 10.1. The van der Waals surface area contributed by atoms with Gasteiger partial charge in [-0.3, -0.25) is 9.78 Å². The summed E-state index contributed by atoms with van der Waals surface area (Å²) in [6.45, 7) is 1.74. The number of pyridine rings is 1. The van der Waals surface area contributed by atoms with E-state index in [0.717, 1.165) is 3.97 Å². The summed E-state index contributed by atoms with van der Waals surface area (Å²) in [6, 6.07) is 16.1. The zero-order valence-corrected chi connectivity index (χ0v) is 15.7. The summed E-state index contributed by atoms with van der Waals surface area (Å²) in [7, 11) is -4.07. The molecule has 140 valence electrons. The maximum absolute atomic E-state index is 13.7.